The number of thiol groups is 1. The summed E-state index contributed by atoms with van der Waals surface area (Å²) < 4.78 is 24.5. The predicted octanol–water partition coefficient (Wildman–Crippen LogP) is 2.89. The van der Waals surface area contributed by atoms with Crippen LogP contribution in [0.3, 0.4) is 0 Å². The largest absolute Gasteiger partial charge is 0.272 e. The highest BCUT2D eigenvalue weighted by atomic mass is 35.5. The summed E-state index contributed by atoms with van der Waals surface area (Å²) in [6.45, 7) is 0.338. The quantitative estimate of drug-likeness (QED) is 0.351. The van der Waals surface area contributed by atoms with Crippen LogP contribution in [-0.2, 0) is 15.2 Å². The average Bonchev–Trinajstić information content (AvgIpc) is 2.20. The van der Waals surface area contributed by atoms with Gasteiger partial charge in [0.15, 0.2) is 0 Å². The van der Waals surface area contributed by atoms with Crippen LogP contribution in [0.4, 0.5) is 0 Å². The average molecular weight is 257 g/mol. The van der Waals surface area contributed by atoms with E-state index in [0.29, 0.717) is 6.61 Å². The Kier molecular flexibility index (Phi) is 12.4. The lowest BCUT2D eigenvalue weighted by atomic mass is 10.1. The molecule has 0 bridgehead atoms. The monoisotopic (exact) mass is 256 g/mol. The van der Waals surface area contributed by atoms with Crippen molar-refractivity contribution in [2.45, 2.75) is 51.4 Å². The molecule has 0 aliphatic carbocycles. The molecule has 0 spiro atoms. The van der Waals surface area contributed by atoms with Gasteiger partial charge in [-0.15, -0.1) is 11.6 Å². The van der Waals surface area contributed by atoms with Gasteiger partial charge in [-0.2, -0.15) is 0 Å². The Morgan fingerprint density at radius 3 is 1.73 bits per heavy atom. The summed E-state index contributed by atoms with van der Waals surface area (Å²) in [5.41, 5.74) is 0. The van der Waals surface area contributed by atoms with Crippen LogP contribution >= 0.6 is 11.6 Å². The Bertz CT molecular complexity index is 187. The van der Waals surface area contributed by atoms with E-state index in [-0.39, 0.29) is 0 Å². The molecule has 0 saturated carbocycles. The van der Waals surface area contributed by atoms with Crippen molar-refractivity contribution in [3.63, 3.8) is 0 Å². The molecule has 0 N–H and O–H groups in total. The third-order valence-electron chi connectivity index (χ3n) is 2.22. The summed E-state index contributed by atoms with van der Waals surface area (Å²) in [7, 11) is -2.65. The van der Waals surface area contributed by atoms with Crippen LogP contribution in [0.25, 0.3) is 0 Å². The highest BCUT2D eigenvalue weighted by molar-refractivity contribution is 7.67. The van der Waals surface area contributed by atoms with Crippen LogP contribution in [0.2, 0.25) is 0 Å². The van der Waals surface area contributed by atoms with Crippen LogP contribution in [0.5, 0.6) is 0 Å². The van der Waals surface area contributed by atoms with Crippen molar-refractivity contribution >= 4 is 22.6 Å². The Labute approximate surface area is 99.3 Å². The smallest absolute Gasteiger partial charge is 0.257 e. The topological polar surface area (TPSA) is 43.4 Å². The van der Waals surface area contributed by atoms with Crippen LogP contribution in [0.1, 0.15) is 51.4 Å². The fourth-order valence-corrected chi connectivity index (χ4v) is 1.86. The van der Waals surface area contributed by atoms with Crippen molar-refractivity contribution in [1.82, 2.24) is 0 Å². The molecule has 0 aromatic heterocycles. The predicted molar refractivity (Wildman–Crippen MR) is 63.9 cm³/mol. The van der Waals surface area contributed by atoms with E-state index in [1.54, 1.807) is 0 Å². The zero-order valence-corrected chi connectivity index (χ0v) is 10.8. The molecule has 0 aromatic carbocycles. The first-order valence-electron chi connectivity index (χ1n) is 5.60. The summed E-state index contributed by atoms with van der Waals surface area (Å²) in [4.78, 5) is 0. The molecule has 92 valence electrons. The number of unbranched alkanes of at least 4 members (excludes halogenated alkanes) is 7. The van der Waals surface area contributed by atoms with E-state index in [1.807, 2.05) is 0 Å². The highest BCUT2D eigenvalue weighted by Crippen LogP contribution is 2.08. The molecule has 0 radical (unpaired) electrons. The van der Waals surface area contributed by atoms with Crippen LogP contribution in [0, 0.1) is 0 Å². The van der Waals surface area contributed by atoms with Gasteiger partial charge in [-0.25, -0.2) is 8.42 Å². The number of rotatable bonds is 11. The second-order valence-electron chi connectivity index (χ2n) is 3.57. The fourth-order valence-electron chi connectivity index (χ4n) is 1.40. The molecule has 0 aromatic rings. The van der Waals surface area contributed by atoms with Gasteiger partial charge in [0.05, 0.1) is 6.61 Å². The Balaban J connectivity index is 2.92. The zero-order valence-electron chi connectivity index (χ0n) is 9.12. The second kappa shape index (κ2) is 12.3. The van der Waals surface area contributed by atoms with Gasteiger partial charge in [-0.1, -0.05) is 38.5 Å². The number of hydrogen-bond acceptors (Lipinski definition) is 3. The summed E-state index contributed by atoms with van der Waals surface area (Å²) >= 11 is 5.56. The molecule has 0 unspecified atom stereocenters. The van der Waals surface area contributed by atoms with Gasteiger partial charge < -0.3 is 0 Å². The molecule has 0 fully saturated rings. The zero-order chi connectivity index (χ0) is 11.4. The molecular formula is C10H21ClO3S. The van der Waals surface area contributed by atoms with Gasteiger partial charge in [0.1, 0.15) is 0 Å². The standard InChI is InChI=1S/C10H21ClO3S/c11-9-7-5-3-1-2-4-6-8-10-14-15(12)13/h15H,1-10H2. The molecule has 0 atom stereocenters. The first-order valence-corrected chi connectivity index (χ1v) is 7.23. The van der Waals surface area contributed by atoms with Gasteiger partial charge in [-0.3, -0.25) is 4.18 Å². The molecule has 5 heteroatoms. The van der Waals surface area contributed by atoms with E-state index in [9.17, 15) is 8.42 Å². The Hall–Kier alpha value is 0.200. The van der Waals surface area contributed by atoms with Gasteiger partial charge in [-0.05, 0) is 12.8 Å². The number of halogens is 1. The number of alkyl halides is 1. The lowest BCUT2D eigenvalue weighted by Crippen LogP contribution is -1.92. The summed E-state index contributed by atoms with van der Waals surface area (Å²) in [5.74, 6) is 0.769. The minimum absolute atomic E-state index is 0.338. The molecule has 0 aliphatic heterocycles. The molecule has 0 heterocycles. The minimum Gasteiger partial charge on any atom is -0.272 e. The van der Waals surface area contributed by atoms with E-state index >= 15 is 0 Å². The SMILES string of the molecule is O=[SH](=O)OCCCCCCCCCCCl. The summed E-state index contributed by atoms with van der Waals surface area (Å²) in [6.07, 6.45) is 9.15. The lowest BCUT2D eigenvalue weighted by Gasteiger charge is -2.00. The Morgan fingerprint density at radius 1 is 0.800 bits per heavy atom. The number of hydrogen-bond donors (Lipinski definition) is 1. The Morgan fingerprint density at radius 2 is 1.27 bits per heavy atom. The maximum Gasteiger partial charge on any atom is 0.257 e. The third kappa shape index (κ3) is 14.2. The molecule has 0 amide bonds. The van der Waals surface area contributed by atoms with Crippen molar-refractivity contribution in [1.29, 1.82) is 0 Å². The van der Waals surface area contributed by atoms with Crippen molar-refractivity contribution < 1.29 is 12.6 Å². The van der Waals surface area contributed by atoms with Crippen molar-refractivity contribution in [2.75, 3.05) is 12.5 Å². The maximum absolute atomic E-state index is 10.0. The second-order valence-corrected chi connectivity index (χ2v) is 4.66. The van der Waals surface area contributed by atoms with Crippen LogP contribution in [-0.4, -0.2) is 20.9 Å². The fraction of sp³-hybridized carbons (Fsp3) is 1.00. The van der Waals surface area contributed by atoms with Gasteiger partial charge in [0.25, 0.3) is 11.0 Å². The third-order valence-corrected chi connectivity index (χ3v) is 2.89. The first kappa shape index (κ1) is 15.2. The van der Waals surface area contributed by atoms with Crippen LogP contribution in [0.15, 0.2) is 0 Å². The van der Waals surface area contributed by atoms with E-state index in [1.165, 1.54) is 32.1 Å². The first-order chi connectivity index (χ1) is 7.27. The normalized spacial score (nSPS) is 11.1. The molecule has 15 heavy (non-hydrogen) atoms. The maximum atomic E-state index is 10.0. The van der Waals surface area contributed by atoms with Crippen molar-refractivity contribution in [3.05, 3.63) is 0 Å². The van der Waals surface area contributed by atoms with Gasteiger partial charge in [0.2, 0.25) is 0 Å². The highest BCUT2D eigenvalue weighted by Gasteiger charge is 1.92. The van der Waals surface area contributed by atoms with Crippen LogP contribution < -0.4 is 0 Å². The van der Waals surface area contributed by atoms with Gasteiger partial charge in [0, 0.05) is 5.88 Å². The molecule has 0 aliphatic rings. The minimum atomic E-state index is -2.65. The van der Waals surface area contributed by atoms with E-state index in [0.717, 1.165) is 25.1 Å². The molecule has 0 saturated heterocycles. The summed E-state index contributed by atoms with van der Waals surface area (Å²) in [5, 5.41) is 0. The van der Waals surface area contributed by atoms with Crippen molar-refractivity contribution in [3.8, 4) is 0 Å². The van der Waals surface area contributed by atoms with Crippen molar-refractivity contribution in [2.24, 2.45) is 0 Å². The van der Waals surface area contributed by atoms with E-state index in [2.05, 4.69) is 4.18 Å². The lowest BCUT2D eigenvalue weighted by molar-refractivity contribution is 0.319. The summed E-state index contributed by atoms with van der Waals surface area (Å²) in [6, 6.07) is 0. The molecule has 0 rings (SSSR count). The molecular weight excluding hydrogens is 236 g/mol. The molecule has 3 nitrogen and oxygen atoms in total. The van der Waals surface area contributed by atoms with Gasteiger partial charge >= 0.3 is 0 Å². The van der Waals surface area contributed by atoms with E-state index < -0.39 is 11.0 Å². The van der Waals surface area contributed by atoms with E-state index in [4.69, 9.17) is 11.6 Å².